The van der Waals surface area contributed by atoms with Gasteiger partial charge in [0.25, 0.3) is 0 Å². The number of para-hydroxylation sites is 3. The van der Waals surface area contributed by atoms with E-state index >= 15 is 0 Å². The van der Waals surface area contributed by atoms with Gasteiger partial charge in [-0.05, 0) is 88.0 Å². The number of hydrogen-bond acceptors (Lipinski definition) is 3. The van der Waals surface area contributed by atoms with Crippen molar-refractivity contribution in [1.29, 1.82) is 0 Å². The molecule has 0 saturated heterocycles. The zero-order chi connectivity index (χ0) is 36.1. The lowest BCUT2D eigenvalue weighted by molar-refractivity contribution is 0.723. The third-order valence-electron chi connectivity index (χ3n) is 11.6. The fraction of sp³-hybridized carbons (Fsp3) is 0.0196. The summed E-state index contributed by atoms with van der Waals surface area (Å²) in [6, 6.07) is 68.3. The van der Waals surface area contributed by atoms with Crippen LogP contribution in [0.4, 0.5) is 0 Å². The van der Waals surface area contributed by atoms with Crippen molar-refractivity contribution in [3.05, 3.63) is 210 Å². The SMILES string of the molecule is c1ccc(-c2nc3ccccc3nc2-c2cccc(-n3c4ccccc4c4cc5c(cc43)C3(c4ccccc4Sc4ccccc43)c3ccccc3-5)c2)cc1. The van der Waals surface area contributed by atoms with E-state index in [1.54, 1.807) is 0 Å². The highest BCUT2D eigenvalue weighted by molar-refractivity contribution is 7.99. The number of hydrogen-bond donors (Lipinski definition) is 0. The highest BCUT2D eigenvalue weighted by Gasteiger charge is 2.50. The van der Waals surface area contributed by atoms with Crippen LogP contribution in [-0.2, 0) is 5.41 Å². The molecular weight excluding hydrogens is 687 g/mol. The van der Waals surface area contributed by atoms with Crippen molar-refractivity contribution >= 4 is 44.6 Å². The van der Waals surface area contributed by atoms with E-state index in [0.29, 0.717) is 0 Å². The van der Waals surface area contributed by atoms with Gasteiger partial charge in [-0.3, -0.25) is 0 Å². The first-order chi connectivity index (χ1) is 27.3. The van der Waals surface area contributed by atoms with Crippen LogP contribution in [0.25, 0.3) is 72.2 Å². The molecule has 2 aromatic heterocycles. The Bertz CT molecular complexity index is 3150. The molecule has 4 heteroatoms. The van der Waals surface area contributed by atoms with Crippen LogP contribution in [0.3, 0.4) is 0 Å². The van der Waals surface area contributed by atoms with Gasteiger partial charge in [0.05, 0.1) is 38.9 Å². The highest BCUT2D eigenvalue weighted by Crippen LogP contribution is 2.62. The quantitative estimate of drug-likeness (QED) is 0.182. The summed E-state index contributed by atoms with van der Waals surface area (Å²) in [7, 11) is 0. The van der Waals surface area contributed by atoms with E-state index in [0.717, 1.165) is 39.2 Å². The predicted molar refractivity (Wildman–Crippen MR) is 226 cm³/mol. The third kappa shape index (κ3) is 4.29. The first kappa shape index (κ1) is 30.7. The minimum Gasteiger partial charge on any atom is -0.309 e. The van der Waals surface area contributed by atoms with Crippen molar-refractivity contribution in [2.45, 2.75) is 15.2 Å². The molecule has 2 aliphatic rings. The summed E-state index contributed by atoms with van der Waals surface area (Å²) in [6.45, 7) is 0. The summed E-state index contributed by atoms with van der Waals surface area (Å²) in [5.74, 6) is 0. The van der Waals surface area contributed by atoms with Crippen LogP contribution >= 0.6 is 11.8 Å². The van der Waals surface area contributed by atoms with E-state index in [1.807, 2.05) is 42.1 Å². The second-order valence-corrected chi connectivity index (χ2v) is 15.6. The summed E-state index contributed by atoms with van der Waals surface area (Å²) in [6.07, 6.45) is 0. The zero-order valence-corrected chi connectivity index (χ0v) is 30.5. The Morgan fingerprint density at radius 2 is 1.00 bits per heavy atom. The molecule has 55 heavy (non-hydrogen) atoms. The van der Waals surface area contributed by atoms with Gasteiger partial charge >= 0.3 is 0 Å². The number of fused-ring (bicyclic) bond motifs is 13. The molecule has 256 valence electrons. The maximum Gasteiger partial charge on any atom is 0.0973 e. The highest BCUT2D eigenvalue weighted by atomic mass is 32.2. The van der Waals surface area contributed by atoms with Crippen molar-refractivity contribution in [2.24, 2.45) is 0 Å². The molecule has 0 fully saturated rings. The molecule has 0 N–H and O–H groups in total. The van der Waals surface area contributed by atoms with Gasteiger partial charge in [-0.15, -0.1) is 0 Å². The summed E-state index contributed by atoms with van der Waals surface area (Å²) in [4.78, 5) is 13.1. The average molecular weight is 718 g/mol. The van der Waals surface area contributed by atoms with Crippen molar-refractivity contribution < 1.29 is 0 Å². The van der Waals surface area contributed by atoms with E-state index in [2.05, 4.69) is 162 Å². The summed E-state index contributed by atoms with van der Waals surface area (Å²) >= 11 is 1.88. The summed E-state index contributed by atoms with van der Waals surface area (Å²) < 4.78 is 2.46. The van der Waals surface area contributed by atoms with Gasteiger partial charge in [-0.25, -0.2) is 9.97 Å². The molecule has 1 aliphatic carbocycles. The average Bonchev–Trinajstić information content (AvgIpc) is 3.73. The predicted octanol–water partition coefficient (Wildman–Crippen LogP) is 12.9. The second-order valence-electron chi connectivity index (χ2n) is 14.5. The van der Waals surface area contributed by atoms with Crippen LogP contribution in [0.2, 0.25) is 0 Å². The molecule has 0 amide bonds. The van der Waals surface area contributed by atoms with Gasteiger partial charge in [0, 0.05) is 37.4 Å². The van der Waals surface area contributed by atoms with Gasteiger partial charge in [-0.2, -0.15) is 0 Å². The van der Waals surface area contributed by atoms with Crippen LogP contribution in [0.1, 0.15) is 22.3 Å². The zero-order valence-electron chi connectivity index (χ0n) is 29.6. The molecule has 0 unspecified atom stereocenters. The Hall–Kier alpha value is -6.75. The molecule has 0 atom stereocenters. The Kier molecular flexibility index (Phi) is 6.48. The Morgan fingerprint density at radius 1 is 0.400 bits per heavy atom. The molecule has 8 aromatic carbocycles. The normalized spacial score (nSPS) is 13.5. The maximum absolute atomic E-state index is 5.27. The number of nitrogens with zero attached hydrogens (tertiary/aromatic N) is 3. The third-order valence-corrected chi connectivity index (χ3v) is 12.8. The van der Waals surface area contributed by atoms with Crippen LogP contribution < -0.4 is 0 Å². The summed E-state index contributed by atoms with van der Waals surface area (Å²) in [5, 5.41) is 2.48. The van der Waals surface area contributed by atoms with Crippen molar-refractivity contribution in [2.75, 3.05) is 0 Å². The second kappa shape index (κ2) is 11.6. The topological polar surface area (TPSA) is 30.7 Å². The van der Waals surface area contributed by atoms with Gasteiger partial charge < -0.3 is 4.57 Å². The van der Waals surface area contributed by atoms with Gasteiger partial charge in [0.1, 0.15) is 0 Å². The Morgan fingerprint density at radius 3 is 1.76 bits per heavy atom. The van der Waals surface area contributed by atoms with E-state index in [9.17, 15) is 0 Å². The Labute approximate surface area is 322 Å². The smallest absolute Gasteiger partial charge is 0.0973 e. The molecular formula is C51H31N3S. The lowest BCUT2D eigenvalue weighted by atomic mass is 9.67. The standard InChI is InChI=1S/C51H31N3S/c1-2-15-32(16-3-1)49-50(53-44-25-10-9-24-43(44)52-49)33-17-14-18-34(29-33)54-45-26-11-5-20-36(45)38-30-37-35-19-4-6-21-39(35)51(42(37)31-46(38)54)40-22-7-12-27-47(40)55-48-28-13-8-23-41(48)51/h1-31H. The van der Waals surface area contributed by atoms with E-state index in [-0.39, 0.29) is 0 Å². The lowest BCUT2D eigenvalue weighted by Crippen LogP contribution is -2.31. The largest absolute Gasteiger partial charge is 0.309 e. The molecule has 0 bridgehead atoms. The van der Waals surface area contributed by atoms with Crippen molar-refractivity contribution in [3.63, 3.8) is 0 Å². The summed E-state index contributed by atoms with van der Waals surface area (Å²) in [5.41, 5.74) is 16.5. The van der Waals surface area contributed by atoms with Gasteiger partial charge in [0.15, 0.2) is 0 Å². The van der Waals surface area contributed by atoms with E-state index in [4.69, 9.17) is 9.97 Å². The molecule has 12 rings (SSSR count). The fourth-order valence-corrected chi connectivity index (χ4v) is 10.6. The molecule has 1 aliphatic heterocycles. The van der Waals surface area contributed by atoms with Gasteiger partial charge in [0.2, 0.25) is 0 Å². The number of rotatable bonds is 3. The molecule has 3 heterocycles. The first-order valence-corrected chi connectivity index (χ1v) is 19.6. The molecule has 0 saturated carbocycles. The first-order valence-electron chi connectivity index (χ1n) is 18.7. The fourth-order valence-electron chi connectivity index (χ4n) is 9.38. The Balaban J connectivity index is 1.15. The van der Waals surface area contributed by atoms with Crippen molar-refractivity contribution in [1.82, 2.24) is 14.5 Å². The number of benzene rings is 8. The van der Waals surface area contributed by atoms with Crippen LogP contribution in [0.5, 0.6) is 0 Å². The van der Waals surface area contributed by atoms with E-state index < -0.39 is 5.41 Å². The molecule has 10 aromatic rings. The van der Waals surface area contributed by atoms with Crippen molar-refractivity contribution in [3.8, 4) is 39.3 Å². The molecule has 1 spiro atoms. The maximum atomic E-state index is 5.27. The molecule has 3 nitrogen and oxygen atoms in total. The van der Waals surface area contributed by atoms with Crippen LogP contribution in [0, 0.1) is 0 Å². The van der Waals surface area contributed by atoms with Gasteiger partial charge in [-0.1, -0.05) is 145 Å². The molecule has 0 radical (unpaired) electrons. The van der Waals surface area contributed by atoms with Crippen LogP contribution in [0.15, 0.2) is 198 Å². The number of aromatic nitrogens is 3. The monoisotopic (exact) mass is 717 g/mol. The van der Waals surface area contributed by atoms with E-state index in [1.165, 1.54) is 65.0 Å². The minimum absolute atomic E-state index is 0.451. The van der Waals surface area contributed by atoms with Crippen LogP contribution in [-0.4, -0.2) is 14.5 Å². The lowest BCUT2D eigenvalue weighted by Gasteiger charge is -2.39. The minimum atomic E-state index is -0.451.